The van der Waals surface area contributed by atoms with Gasteiger partial charge in [-0.15, -0.1) is 0 Å². The molecule has 1 unspecified atom stereocenters. The van der Waals surface area contributed by atoms with Crippen molar-refractivity contribution in [3.05, 3.63) is 0 Å². The Balaban J connectivity index is 2.06. The predicted molar refractivity (Wildman–Crippen MR) is 52.0 cm³/mol. The molecule has 1 aliphatic heterocycles. The molecule has 0 spiro atoms. The van der Waals surface area contributed by atoms with Gasteiger partial charge in [-0.1, -0.05) is 13.3 Å². The molecule has 0 aromatic heterocycles. The van der Waals surface area contributed by atoms with E-state index < -0.39 is 6.16 Å². The van der Waals surface area contributed by atoms with E-state index in [4.69, 9.17) is 9.47 Å². The monoisotopic (exact) mass is 200 g/mol. The molecule has 0 amide bonds. The van der Waals surface area contributed by atoms with Gasteiger partial charge in [0.25, 0.3) is 0 Å². The van der Waals surface area contributed by atoms with Crippen molar-refractivity contribution in [1.82, 2.24) is 5.32 Å². The third kappa shape index (κ3) is 4.46. The van der Waals surface area contributed by atoms with Crippen molar-refractivity contribution in [2.75, 3.05) is 13.2 Å². The van der Waals surface area contributed by atoms with E-state index >= 15 is 0 Å². The van der Waals surface area contributed by atoms with Crippen LogP contribution in [0.15, 0.2) is 0 Å². The minimum atomic E-state index is -0.575. The zero-order valence-corrected chi connectivity index (χ0v) is 8.70. The molecule has 1 saturated heterocycles. The molecular formula is C10H18NO3. The topological polar surface area (TPSA) is 49.6 Å². The van der Waals surface area contributed by atoms with Gasteiger partial charge < -0.3 is 9.47 Å². The lowest BCUT2D eigenvalue weighted by atomic mass is 10.1. The molecule has 0 bridgehead atoms. The van der Waals surface area contributed by atoms with Crippen molar-refractivity contribution in [1.29, 1.82) is 0 Å². The lowest BCUT2D eigenvalue weighted by molar-refractivity contribution is 0.000143. The highest BCUT2D eigenvalue weighted by molar-refractivity contribution is 5.60. The highest BCUT2D eigenvalue weighted by atomic mass is 16.7. The molecule has 0 aromatic rings. The van der Waals surface area contributed by atoms with Gasteiger partial charge in [0.15, 0.2) is 6.23 Å². The fourth-order valence-electron chi connectivity index (χ4n) is 1.30. The Morgan fingerprint density at radius 2 is 2.36 bits per heavy atom. The van der Waals surface area contributed by atoms with Crippen molar-refractivity contribution < 1.29 is 14.3 Å². The predicted octanol–water partition coefficient (Wildman–Crippen LogP) is 2.05. The molecule has 0 aromatic carbocycles. The summed E-state index contributed by atoms with van der Waals surface area (Å²) in [6.07, 6.45) is 4.08. The summed E-state index contributed by atoms with van der Waals surface area (Å²) >= 11 is 0. The van der Waals surface area contributed by atoms with Crippen LogP contribution in [0.5, 0.6) is 0 Å². The normalized spacial score (nSPS) is 21.6. The average molecular weight is 200 g/mol. The molecule has 1 atom stereocenters. The molecule has 14 heavy (non-hydrogen) atoms. The number of nitrogens with zero attached hydrogens (tertiary/aromatic N) is 1. The maximum Gasteiger partial charge on any atom is 0.509 e. The molecule has 1 aliphatic rings. The van der Waals surface area contributed by atoms with Crippen molar-refractivity contribution in [2.24, 2.45) is 0 Å². The van der Waals surface area contributed by atoms with Crippen molar-refractivity contribution in [2.45, 2.75) is 45.3 Å². The zero-order valence-electron chi connectivity index (χ0n) is 8.70. The summed E-state index contributed by atoms with van der Waals surface area (Å²) in [5, 5.41) is 4.17. The minimum Gasteiger partial charge on any atom is -0.434 e. The molecule has 0 saturated carbocycles. The third-order valence-corrected chi connectivity index (χ3v) is 2.14. The summed E-state index contributed by atoms with van der Waals surface area (Å²) in [5.74, 6) is 0. The molecule has 1 heterocycles. The Morgan fingerprint density at radius 3 is 3.00 bits per heavy atom. The van der Waals surface area contributed by atoms with Crippen LogP contribution in [-0.4, -0.2) is 25.5 Å². The third-order valence-electron chi connectivity index (χ3n) is 2.14. The lowest BCUT2D eigenvalue weighted by Crippen LogP contribution is -2.32. The van der Waals surface area contributed by atoms with E-state index in [9.17, 15) is 4.79 Å². The number of ether oxygens (including phenoxy) is 2. The lowest BCUT2D eigenvalue weighted by Gasteiger charge is -2.20. The van der Waals surface area contributed by atoms with E-state index in [-0.39, 0.29) is 6.23 Å². The van der Waals surface area contributed by atoms with Crippen LogP contribution < -0.4 is 5.32 Å². The maximum atomic E-state index is 11.1. The zero-order chi connectivity index (χ0) is 10.2. The molecule has 81 valence electrons. The first-order valence-electron chi connectivity index (χ1n) is 5.33. The van der Waals surface area contributed by atoms with Crippen LogP contribution in [0.3, 0.4) is 0 Å². The van der Waals surface area contributed by atoms with Crippen molar-refractivity contribution in [3.63, 3.8) is 0 Å². The van der Waals surface area contributed by atoms with Crippen LogP contribution in [-0.2, 0) is 9.47 Å². The number of hydrogen-bond donors (Lipinski definition) is 0. The van der Waals surface area contributed by atoms with E-state index in [0.717, 1.165) is 38.6 Å². The van der Waals surface area contributed by atoms with Gasteiger partial charge in [-0.3, -0.25) is 0 Å². The molecule has 4 nitrogen and oxygen atoms in total. The number of carbonyl (C=O) groups excluding carboxylic acids is 1. The summed E-state index contributed by atoms with van der Waals surface area (Å²) in [6.45, 7) is 3.29. The Bertz CT molecular complexity index is 167. The Morgan fingerprint density at radius 1 is 1.50 bits per heavy atom. The molecule has 0 N–H and O–H groups in total. The number of rotatable bonds is 4. The highest BCUT2D eigenvalue weighted by Gasteiger charge is 2.18. The fraction of sp³-hybridized carbons (Fsp3) is 0.900. The van der Waals surface area contributed by atoms with Gasteiger partial charge in [-0.25, -0.2) is 10.1 Å². The van der Waals surface area contributed by atoms with Crippen LogP contribution in [0.4, 0.5) is 4.79 Å². The van der Waals surface area contributed by atoms with E-state index in [0.29, 0.717) is 6.61 Å². The van der Waals surface area contributed by atoms with Gasteiger partial charge in [0, 0.05) is 6.54 Å². The second-order valence-corrected chi connectivity index (χ2v) is 3.43. The largest absolute Gasteiger partial charge is 0.509 e. The van der Waals surface area contributed by atoms with E-state index in [1.165, 1.54) is 0 Å². The highest BCUT2D eigenvalue weighted by Crippen LogP contribution is 2.10. The van der Waals surface area contributed by atoms with Gasteiger partial charge in [-0.05, 0) is 25.7 Å². The minimum absolute atomic E-state index is 0.266. The summed E-state index contributed by atoms with van der Waals surface area (Å²) in [5.41, 5.74) is 0. The fourth-order valence-corrected chi connectivity index (χ4v) is 1.30. The summed E-state index contributed by atoms with van der Waals surface area (Å²) < 4.78 is 9.87. The van der Waals surface area contributed by atoms with Crippen LogP contribution in [0.1, 0.15) is 39.0 Å². The van der Waals surface area contributed by atoms with Crippen molar-refractivity contribution in [3.8, 4) is 0 Å². The first-order chi connectivity index (χ1) is 6.83. The van der Waals surface area contributed by atoms with Gasteiger partial charge in [-0.2, -0.15) is 0 Å². The van der Waals surface area contributed by atoms with Gasteiger partial charge in [0.05, 0.1) is 6.61 Å². The molecule has 4 heteroatoms. The summed E-state index contributed by atoms with van der Waals surface area (Å²) in [6, 6.07) is 0. The maximum absolute atomic E-state index is 11.1. The molecular weight excluding hydrogens is 182 g/mol. The number of carbonyl (C=O) groups is 1. The van der Waals surface area contributed by atoms with E-state index in [2.05, 4.69) is 5.32 Å². The first kappa shape index (κ1) is 11.3. The standard InChI is InChI=1S/C10H18NO3/c1-2-3-8-13-10(12)14-9-6-4-5-7-11-9/h9H,2-8H2,1H3. The van der Waals surface area contributed by atoms with Crippen LogP contribution in [0.2, 0.25) is 0 Å². The first-order valence-corrected chi connectivity index (χ1v) is 5.33. The summed E-state index contributed by atoms with van der Waals surface area (Å²) in [4.78, 5) is 11.1. The Labute approximate surface area is 85.0 Å². The van der Waals surface area contributed by atoms with Gasteiger partial charge in [0.2, 0.25) is 0 Å². The quantitative estimate of drug-likeness (QED) is 0.515. The number of piperidine rings is 1. The van der Waals surface area contributed by atoms with Crippen LogP contribution >= 0.6 is 0 Å². The average Bonchev–Trinajstić information content (AvgIpc) is 2.20. The second kappa shape index (κ2) is 6.65. The molecule has 1 radical (unpaired) electrons. The van der Waals surface area contributed by atoms with Crippen molar-refractivity contribution >= 4 is 6.16 Å². The summed E-state index contributed by atoms with van der Waals surface area (Å²) in [7, 11) is 0. The van der Waals surface area contributed by atoms with Crippen LogP contribution in [0, 0.1) is 0 Å². The Kier molecular flexibility index (Phi) is 5.37. The van der Waals surface area contributed by atoms with Gasteiger partial charge in [0.1, 0.15) is 0 Å². The van der Waals surface area contributed by atoms with Gasteiger partial charge >= 0.3 is 6.16 Å². The number of hydrogen-bond acceptors (Lipinski definition) is 3. The SMILES string of the molecule is CCCCOC(=O)OC1CCCC[N]1. The molecule has 1 rings (SSSR count). The Hall–Kier alpha value is -0.770. The van der Waals surface area contributed by atoms with E-state index in [1.807, 2.05) is 6.92 Å². The molecule has 1 fully saturated rings. The number of unbranched alkanes of at least 4 members (excludes halogenated alkanes) is 1. The second-order valence-electron chi connectivity index (χ2n) is 3.43. The smallest absolute Gasteiger partial charge is 0.434 e. The molecule has 0 aliphatic carbocycles. The van der Waals surface area contributed by atoms with Crippen LogP contribution in [0.25, 0.3) is 0 Å². The van der Waals surface area contributed by atoms with E-state index in [1.54, 1.807) is 0 Å².